The maximum absolute atomic E-state index is 12.3. The van der Waals surface area contributed by atoms with Crippen molar-refractivity contribution in [2.75, 3.05) is 18.6 Å². The van der Waals surface area contributed by atoms with Gasteiger partial charge in [0.2, 0.25) is 0 Å². The smallest absolute Gasteiger partial charge is 0.340 e. The Morgan fingerprint density at radius 1 is 1.33 bits per heavy atom. The lowest BCUT2D eigenvalue weighted by Crippen LogP contribution is -2.44. The summed E-state index contributed by atoms with van der Waals surface area (Å²) in [5.41, 5.74) is 0.104. The van der Waals surface area contributed by atoms with Gasteiger partial charge in [-0.05, 0) is 31.5 Å². The van der Waals surface area contributed by atoms with Crippen LogP contribution in [0.3, 0.4) is 0 Å². The van der Waals surface area contributed by atoms with E-state index in [0.717, 1.165) is 0 Å². The van der Waals surface area contributed by atoms with Crippen molar-refractivity contribution in [3.8, 4) is 0 Å². The Morgan fingerprint density at radius 3 is 2.54 bits per heavy atom. The molecule has 0 aromatic heterocycles. The van der Waals surface area contributed by atoms with Crippen molar-refractivity contribution < 1.29 is 22.7 Å². The fourth-order valence-electron chi connectivity index (χ4n) is 2.48. The van der Waals surface area contributed by atoms with E-state index in [9.17, 15) is 18.0 Å². The molecule has 0 N–H and O–H groups in total. The molecule has 1 saturated heterocycles. The molecule has 1 aliphatic rings. The molecule has 24 heavy (non-hydrogen) atoms. The van der Waals surface area contributed by atoms with Crippen LogP contribution in [0.2, 0.25) is 10.0 Å². The van der Waals surface area contributed by atoms with Gasteiger partial charge in [0, 0.05) is 18.1 Å². The van der Waals surface area contributed by atoms with Crippen LogP contribution in [-0.4, -0.2) is 55.9 Å². The molecule has 1 aromatic carbocycles. The predicted molar refractivity (Wildman–Crippen MR) is 91.2 cm³/mol. The number of amides is 1. The highest BCUT2D eigenvalue weighted by atomic mass is 35.5. The van der Waals surface area contributed by atoms with E-state index < -0.39 is 33.9 Å². The molecule has 2 atom stereocenters. The highest BCUT2D eigenvalue weighted by Crippen LogP contribution is 2.23. The molecular weight excluding hydrogens is 377 g/mol. The van der Waals surface area contributed by atoms with Crippen molar-refractivity contribution in [1.29, 1.82) is 0 Å². The first-order chi connectivity index (χ1) is 11.1. The van der Waals surface area contributed by atoms with Crippen LogP contribution in [0.1, 0.15) is 23.7 Å². The van der Waals surface area contributed by atoms with Crippen LogP contribution in [0, 0.1) is 0 Å². The third kappa shape index (κ3) is 4.40. The van der Waals surface area contributed by atoms with Gasteiger partial charge in [-0.25, -0.2) is 13.2 Å². The molecule has 9 heteroatoms. The lowest BCUT2D eigenvalue weighted by atomic mass is 10.2. The number of hydrogen-bond acceptors (Lipinski definition) is 5. The Kier molecular flexibility index (Phi) is 5.78. The summed E-state index contributed by atoms with van der Waals surface area (Å²) in [7, 11) is -1.60. The molecule has 1 heterocycles. The number of likely N-dealkylation sites (N-methyl/N-ethyl adjacent to an activating group) is 1. The van der Waals surface area contributed by atoms with Crippen LogP contribution in [0.15, 0.2) is 18.2 Å². The van der Waals surface area contributed by atoms with Crippen LogP contribution < -0.4 is 0 Å². The van der Waals surface area contributed by atoms with E-state index in [1.165, 1.54) is 37.1 Å². The van der Waals surface area contributed by atoms with Gasteiger partial charge in [-0.2, -0.15) is 0 Å². The maximum atomic E-state index is 12.3. The average Bonchev–Trinajstić information content (AvgIpc) is 2.85. The molecule has 1 fully saturated rings. The number of esters is 1. The Labute approximate surface area is 150 Å². The van der Waals surface area contributed by atoms with Crippen LogP contribution in [-0.2, 0) is 19.4 Å². The standard InChI is InChI=1S/C15H17Cl2NO5S/c1-9(14(19)18(2)11-5-6-24(21,22)8-11)23-15(20)12-4-3-10(16)7-13(12)17/h3-4,7,9,11H,5-6,8H2,1-2H3/t9-,11+/m1/s1. The van der Waals surface area contributed by atoms with E-state index in [2.05, 4.69) is 0 Å². The third-order valence-electron chi connectivity index (χ3n) is 3.89. The Balaban J connectivity index is 2.02. The summed E-state index contributed by atoms with van der Waals surface area (Å²) in [4.78, 5) is 25.8. The molecular formula is C15H17Cl2NO5S. The van der Waals surface area contributed by atoms with Crippen molar-refractivity contribution >= 4 is 44.9 Å². The van der Waals surface area contributed by atoms with Crippen molar-refractivity contribution in [1.82, 2.24) is 4.90 Å². The number of sulfone groups is 1. The quantitative estimate of drug-likeness (QED) is 0.732. The minimum atomic E-state index is -3.11. The summed E-state index contributed by atoms with van der Waals surface area (Å²) in [6, 6.07) is 3.91. The van der Waals surface area contributed by atoms with E-state index in [4.69, 9.17) is 27.9 Å². The average molecular weight is 394 g/mol. The second kappa shape index (κ2) is 7.29. The van der Waals surface area contributed by atoms with Crippen LogP contribution in [0.4, 0.5) is 0 Å². The Bertz CT molecular complexity index is 765. The number of nitrogens with zero attached hydrogens (tertiary/aromatic N) is 1. The fourth-order valence-corrected chi connectivity index (χ4v) is 4.74. The van der Waals surface area contributed by atoms with Crippen molar-refractivity contribution in [3.63, 3.8) is 0 Å². The molecule has 0 unspecified atom stereocenters. The number of ether oxygens (including phenoxy) is 1. The van der Waals surface area contributed by atoms with Crippen LogP contribution in [0.5, 0.6) is 0 Å². The second-order valence-corrected chi connectivity index (χ2v) is 8.75. The zero-order valence-corrected chi connectivity index (χ0v) is 15.5. The van der Waals surface area contributed by atoms with Crippen molar-refractivity contribution in [3.05, 3.63) is 33.8 Å². The molecule has 0 spiro atoms. The minimum Gasteiger partial charge on any atom is -0.449 e. The number of halogens is 2. The zero-order chi connectivity index (χ0) is 18.1. The summed E-state index contributed by atoms with van der Waals surface area (Å²) in [6.07, 6.45) is -0.675. The van der Waals surface area contributed by atoms with Gasteiger partial charge in [0.15, 0.2) is 15.9 Å². The van der Waals surface area contributed by atoms with Gasteiger partial charge in [-0.15, -0.1) is 0 Å². The molecule has 132 valence electrons. The lowest BCUT2D eigenvalue weighted by molar-refractivity contribution is -0.140. The van der Waals surface area contributed by atoms with E-state index in [-0.39, 0.29) is 22.1 Å². The highest BCUT2D eigenvalue weighted by molar-refractivity contribution is 7.91. The topological polar surface area (TPSA) is 80.8 Å². The van der Waals surface area contributed by atoms with Crippen LogP contribution in [0.25, 0.3) is 0 Å². The number of carbonyl (C=O) groups excluding carboxylic acids is 2. The Morgan fingerprint density at radius 2 is 2.00 bits per heavy atom. The summed E-state index contributed by atoms with van der Waals surface area (Å²) >= 11 is 11.7. The second-order valence-electron chi connectivity index (χ2n) is 5.68. The van der Waals surface area contributed by atoms with Crippen molar-refractivity contribution in [2.45, 2.75) is 25.5 Å². The first kappa shape index (κ1) is 19.0. The van der Waals surface area contributed by atoms with Gasteiger partial charge >= 0.3 is 5.97 Å². The number of benzene rings is 1. The largest absolute Gasteiger partial charge is 0.449 e. The molecule has 0 saturated carbocycles. The number of carbonyl (C=O) groups is 2. The van der Waals surface area contributed by atoms with Gasteiger partial charge in [0.25, 0.3) is 5.91 Å². The molecule has 1 amide bonds. The molecule has 0 radical (unpaired) electrons. The summed E-state index contributed by atoms with van der Waals surface area (Å²) in [6.45, 7) is 1.43. The SMILES string of the molecule is C[C@@H](OC(=O)c1ccc(Cl)cc1Cl)C(=O)N(C)[C@H]1CCS(=O)(=O)C1. The first-order valence-electron chi connectivity index (χ1n) is 7.24. The highest BCUT2D eigenvalue weighted by Gasteiger charge is 2.35. The molecule has 0 bridgehead atoms. The van der Waals surface area contributed by atoms with Crippen molar-refractivity contribution in [2.24, 2.45) is 0 Å². The zero-order valence-electron chi connectivity index (χ0n) is 13.2. The lowest BCUT2D eigenvalue weighted by Gasteiger charge is -2.26. The summed E-state index contributed by atoms with van der Waals surface area (Å²) in [5.74, 6) is -1.22. The summed E-state index contributed by atoms with van der Waals surface area (Å²) in [5, 5.41) is 0.505. The molecule has 0 aliphatic carbocycles. The van der Waals surface area contributed by atoms with Gasteiger partial charge in [0.05, 0.1) is 22.1 Å². The van der Waals surface area contributed by atoms with E-state index in [1.807, 2.05) is 0 Å². The number of rotatable bonds is 4. The van der Waals surface area contributed by atoms with Gasteiger partial charge in [-0.1, -0.05) is 23.2 Å². The normalized spacial score (nSPS) is 20.4. The molecule has 6 nitrogen and oxygen atoms in total. The van der Waals surface area contributed by atoms with Gasteiger partial charge in [-0.3, -0.25) is 4.79 Å². The molecule has 1 aromatic rings. The maximum Gasteiger partial charge on any atom is 0.340 e. The molecule has 2 rings (SSSR count). The van der Waals surface area contributed by atoms with E-state index in [0.29, 0.717) is 11.4 Å². The first-order valence-corrected chi connectivity index (χ1v) is 9.81. The molecule has 1 aliphatic heterocycles. The number of hydrogen-bond donors (Lipinski definition) is 0. The third-order valence-corrected chi connectivity index (χ3v) is 6.18. The minimum absolute atomic E-state index is 0.0594. The van der Waals surface area contributed by atoms with Gasteiger partial charge < -0.3 is 9.64 Å². The monoisotopic (exact) mass is 393 g/mol. The fraction of sp³-hybridized carbons (Fsp3) is 0.467. The van der Waals surface area contributed by atoms with Crippen LogP contribution >= 0.6 is 23.2 Å². The predicted octanol–water partition coefficient (Wildman–Crippen LogP) is 2.18. The Hall–Kier alpha value is -1.31. The van der Waals surface area contributed by atoms with Gasteiger partial charge in [0.1, 0.15) is 0 Å². The summed E-state index contributed by atoms with van der Waals surface area (Å²) < 4.78 is 28.2. The van der Waals surface area contributed by atoms with E-state index >= 15 is 0 Å². The van der Waals surface area contributed by atoms with E-state index in [1.54, 1.807) is 0 Å².